The molecule has 0 saturated heterocycles. The number of hydrogen-bond acceptors (Lipinski definition) is 5. The van der Waals surface area contributed by atoms with Crippen LogP contribution in [0.4, 0.5) is 5.82 Å². The van der Waals surface area contributed by atoms with Crippen molar-refractivity contribution < 1.29 is 9.59 Å². The highest BCUT2D eigenvalue weighted by atomic mass is 16.2. The molecule has 108 valence electrons. The van der Waals surface area contributed by atoms with Crippen molar-refractivity contribution >= 4 is 17.6 Å². The van der Waals surface area contributed by atoms with Gasteiger partial charge in [0.15, 0.2) is 11.5 Å². The molecule has 0 fully saturated rings. The van der Waals surface area contributed by atoms with Gasteiger partial charge in [0, 0.05) is 18.9 Å². The molecular formula is C14H15N5O2. The Bertz CT molecular complexity index is 630. The van der Waals surface area contributed by atoms with Crippen molar-refractivity contribution in [2.75, 3.05) is 12.3 Å². The number of carbonyl (C=O) groups excluding carboxylic acids is 2. The van der Waals surface area contributed by atoms with Gasteiger partial charge in [-0.05, 0) is 5.56 Å². The van der Waals surface area contributed by atoms with Gasteiger partial charge in [-0.3, -0.25) is 9.59 Å². The first kappa shape index (κ1) is 14.4. The molecule has 1 aromatic carbocycles. The first-order valence-electron chi connectivity index (χ1n) is 6.32. The fourth-order valence-electron chi connectivity index (χ4n) is 1.63. The number of aromatic nitrogens is 2. The number of amides is 2. The summed E-state index contributed by atoms with van der Waals surface area (Å²) >= 11 is 0. The van der Waals surface area contributed by atoms with Crippen LogP contribution < -0.4 is 16.4 Å². The monoisotopic (exact) mass is 285 g/mol. The average molecular weight is 285 g/mol. The zero-order valence-electron chi connectivity index (χ0n) is 11.2. The third-order valence-electron chi connectivity index (χ3n) is 2.68. The van der Waals surface area contributed by atoms with Gasteiger partial charge < -0.3 is 16.4 Å². The molecule has 1 aromatic heterocycles. The molecule has 0 spiro atoms. The van der Waals surface area contributed by atoms with E-state index in [9.17, 15) is 9.59 Å². The van der Waals surface area contributed by atoms with E-state index in [4.69, 9.17) is 5.73 Å². The summed E-state index contributed by atoms with van der Waals surface area (Å²) in [5.41, 5.74) is 6.52. The Morgan fingerprint density at radius 2 is 1.76 bits per heavy atom. The van der Waals surface area contributed by atoms with Crippen molar-refractivity contribution in [1.29, 1.82) is 0 Å². The first-order chi connectivity index (χ1) is 10.2. The van der Waals surface area contributed by atoms with E-state index >= 15 is 0 Å². The molecule has 0 unspecified atom stereocenters. The topological polar surface area (TPSA) is 110 Å². The molecule has 21 heavy (non-hydrogen) atoms. The minimum atomic E-state index is -0.532. The van der Waals surface area contributed by atoms with Crippen LogP contribution in [0.2, 0.25) is 0 Å². The second kappa shape index (κ2) is 6.99. The van der Waals surface area contributed by atoms with Crippen molar-refractivity contribution in [1.82, 2.24) is 20.6 Å². The molecule has 2 amide bonds. The van der Waals surface area contributed by atoms with E-state index < -0.39 is 5.91 Å². The molecular weight excluding hydrogens is 270 g/mol. The van der Waals surface area contributed by atoms with Crippen molar-refractivity contribution in [3.05, 3.63) is 54.0 Å². The Morgan fingerprint density at radius 3 is 2.48 bits per heavy atom. The Morgan fingerprint density at radius 1 is 1.05 bits per heavy atom. The van der Waals surface area contributed by atoms with Crippen LogP contribution >= 0.6 is 0 Å². The normalized spacial score (nSPS) is 9.90. The maximum Gasteiger partial charge on any atom is 0.274 e. The van der Waals surface area contributed by atoms with E-state index in [1.165, 1.54) is 12.4 Å². The number of rotatable bonds is 5. The molecule has 2 rings (SSSR count). The van der Waals surface area contributed by atoms with Crippen LogP contribution in [0.5, 0.6) is 0 Å². The van der Waals surface area contributed by atoms with Gasteiger partial charge in [-0.1, -0.05) is 30.3 Å². The summed E-state index contributed by atoms with van der Waals surface area (Å²) < 4.78 is 0. The fraction of sp³-hybridized carbons (Fsp3) is 0.143. The Labute approximate surface area is 121 Å². The minimum absolute atomic E-state index is 0.00774. The molecule has 7 nitrogen and oxygen atoms in total. The van der Waals surface area contributed by atoms with Crippen LogP contribution in [-0.4, -0.2) is 28.3 Å². The molecule has 0 bridgehead atoms. The summed E-state index contributed by atoms with van der Waals surface area (Å²) in [6.07, 6.45) is 2.75. The molecule has 0 atom stereocenters. The number of anilines is 1. The lowest BCUT2D eigenvalue weighted by Crippen LogP contribution is -2.37. The van der Waals surface area contributed by atoms with Gasteiger partial charge in [-0.25, -0.2) is 9.97 Å². The first-order valence-corrected chi connectivity index (χ1v) is 6.32. The summed E-state index contributed by atoms with van der Waals surface area (Å²) in [5, 5.41) is 5.14. The number of nitrogens with zero attached hydrogens (tertiary/aromatic N) is 2. The zero-order chi connectivity index (χ0) is 15.1. The van der Waals surface area contributed by atoms with Gasteiger partial charge in [-0.2, -0.15) is 0 Å². The number of nitrogens with one attached hydrogen (secondary N) is 2. The highest BCUT2D eigenvalue weighted by molar-refractivity contribution is 5.98. The van der Waals surface area contributed by atoms with Gasteiger partial charge in [0.2, 0.25) is 5.91 Å². The average Bonchev–Trinajstić information content (AvgIpc) is 2.52. The molecule has 0 aliphatic carbocycles. The molecule has 1 heterocycles. The minimum Gasteiger partial charge on any atom is -0.382 e. The summed E-state index contributed by atoms with van der Waals surface area (Å²) in [6.45, 7) is 0.254. The van der Waals surface area contributed by atoms with Gasteiger partial charge in [0.05, 0.1) is 6.54 Å². The smallest absolute Gasteiger partial charge is 0.274 e. The van der Waals surface area contributed by atoms with E-state index in [1.807, 2.05) is 30.3 Å². The van der Waals surface area contributed by atoms with Gasteiger partial charge in [0.1, 0.15) is 0 Å². The van der Waals surface area contributed by atoms with Crippen molar-refractivity contribution in [3.63, 3.8) is 0 Å². The van der Waals surface area contributed by atoms with Crippen molar-refractivity contribution in [2.45, 2.75) is 6.54 Å². The van der Waals surface area contributed by atoms with Crippen LogP contribution in [0.1, 0.15) is 16.1 Å². The van der Waals surface area contributed by atoms with Crippen LogP contribution in [0.15, 0.2) is 42.7 Å². The third-order valence-corrected chi connectivity index (χ3v) is 2.68. The SMILES string of the molecule is Nc1nccnc1C(=O)NCC(=O)NCc1ccccc1. The predicted octanol–water partition coefficient (Wildman–Crippen LogP) is 0.105. The Kier molecular flexibility index (Phi) is 4.81. The molecule has 7 heteroatoms. The lowest BCUT2D eigenvalue weighted by molar-refractivity contribution is -0.120. The van der Waals surface area contributed by atoms with E-state index in [0.29, 0.717) is 6.54 Å². The summed E-state index contributed by atoms with van der Waals surface area (Å²) in [7, 11) is 0. The van der Waals surface area contributed by atoms with E-state index in [1.54, 1.807) is 0 Å². The number of benzene rings is 1. The second-order valence-corrected chi connectivity index (χ2v) is 4.24. The Balaban J connectivity index is 1.79. The maximum absolute atomic E-state index is 11.8. The number of carbonyl (C=O) groups is 2. The van der Waals surface area contributed by atoms with Crippen molar-refractivity contribution in [2.24, 2.45) is 0 Å². The van der Waals surface area contributed by atoms with Crippen LogP contribution in [0.25, 0.3) is 0 Å². The molecule has 0 radical (unpaired) electrons. The van der Waals surface area contributed by atoms with Crippen LogP contribution in [0.3, 0.4) is 0 Å². The summed E-state index contributed by atoms with van der Waals surface area (Å²) in [5.74, 6) is -0.801. The molecule has 0 aliphatic heterocycles. The fourth-order valence-corrected chi connectivity index (χ4v) is 1.63. The van der Waals surface area contributed by atoms with E-state index in [0.717, 1.165) is 5.56 Å². The largest absolute Gasteiger partial charge is 0.382 e. The van der Waals surface area contributed by atoms with Crippen LogP contribution in [-0.2, 0) is 11.3 Å². The lowest BCUT2D eigenvalue weighted by atomic mass is 10.2. The third kappa shape index (κ3) is 4.27. The maximum atomic E-state index is 11.8. The second-order valence-electron chi connectivity index (χ2n) is 4.24. The van der Waals surface area contributed by atoms with Gasteiger partial charge >= 0.3 is 0 Å². The molecule has 0 aliphatic rings. The number of nitrogens with two attached hydrogens (primary N) is 1. The summed E-state index contributed by atoms with van der Waals surface area (Å²) in [6, 6.07) is 9.48. The van der Waals surface area contributed by atoms with Gasteiger partial charge in [-0.15, -0.1) is 0 Å². The number of nitrogen functional groups attached to an aromatic ring is 1. The number of hydrogen-bond donors (Lipinski definition) is 3. The molecule has 2 aromatic rings. The standard InChI is InChI=1S/C14H15N5O2/c15-13-12(16-6-7-17-13)14(21)19-9-11(20)18-8-10-4-2-1-3-5-10/h1-7H,8-9H2,(H2,15,17)(H,18,20)(H,19,21). The molecule has 0 saturated carbocycles. The summed E-state index contributed by atoms with van der Waals surface area (Å²) in [4.78, 5) is 31.0. The zero-order valence-corrected chi connectivity index (χ0v) is 11.2. The molecule has 4 N–H and O–H groups in total. The highest BCUT2D eigenvalue weighted by Gasteiger charge is 2.12. The van der Waals surface area contributed by atoms with Crippen molar-refractivity contribution in [3.8, 4) is 0 Å². The highest BCUT2D eigenvalue weighted by Crippen LogP contribution is 2.01. The van der Waals surface area contributed by atoms with Gasteiger partial charge in [0.25, 0.3) is 5.91 Å². The lowest BCUT2D eigenvalue weighted by Gasteiger charge is -2.07. The predicted molar refractivity (Wildman–Crippen MR) is 77.1 cm³/mol. The van der Waals surface area contributed by atoms with Crippen LogP contribution in [0, 0.1) is 0 Å². The van der Waals surface area contributed by atoms with E-state index in [2.05, 4.69) is 20.6 Å². The van der Waals surface area contributed by atoms with E-state index in [-0.39, 0.29) is 24.0 Å². The quantitative estimate of drug-likeness (QED) is 0.722. The Hall–Kier alpha value is -2.96.